The Bertz CT molecular complexity index is 740. The van der Waals surface area contributed by atoms with E-state index in [-0.39, 0.29) is 17.9 Å². The van der Waals surface area contributed by atoms with Crippen LogP contribution in [0.15, 0.2) is 48.9 Å². The summed E-state index contributed by atoms with van der Waals surface area (Å²) in [6.07, 6.45) is 6.45. The molecule has 27 heavy (non-hydrogen) atoms. The largest absolute Gasteiger partial charge is 0.367 e. The van der Waals surface area contributed by atoms with Gasteiger partial charge in [0, 0.05) is 44.3 Å². The quantitative estimate of drug-likeness (QED) is 0.677. The van der Waals surface area contributed by atoms with Crippen LogP contribution >= 0.6 is 0 Å². The van der Waals surface area contributed by atoms with Gasteiger partial charge >= 0.3 is 6.03 Å². The lowest BCUT2D eigenvalue weighted by Gasteiger charge is -2.32. The van der Waals surface area contributed by atoms with Crippen LogP contribution in [0.2, 0.25) is 0 Å². The summed E-state index contributed by atoms with van der Waals surface area (Å²) >= 11 is 0. The Hall–Kier alpha value is -3.16. The van der Waals surface area contributed by atoms with Crippen molar-refractivity contribution in [3.8, 4) is 0 Å². The van der Waals surface area contributed by atoms with Crippen LogP contribution in [-0.2, 0) is 4.79 Å². The Kier molecular flexibility index (Phi) is 6.56. The molecule has 2 aromatic rings. The Labute approximate surface area is 158 Å². The van der Waals surface area contributed by atoms with Crippen LogP contribution in [0.25, 0.3) is 0 Å². The molecule has 3 rings (SSSR count). The van der Waals surface area contributed by atoms with Gasteiger partial charge in [-0.15, -0.1) is 0 Å². The monoisotopic (exact) mass is 368 g/mol. The van der Waals surface area contributed by atoms with Gasteiger partial charge in [0.15, 0.2) is 0 Å². The maximum atomic E-state index is 12.4. The molecule has 1 aromatic heterocycles. The van der Waals surface area contributed by atoms with Crippen molar-refractivity contribution in [2.75, 3.05) is 36.8 Å². The minimum absolute atomic E-state index is 0.0202. The van der Waals surface area contributed by atoms with E-state index >= 15 is 0 Å². The van der Waals surface area contributed by atoms with E-state index in [2.05, 4.69) is 25.9 Å². The van der Waals surface area contributed by atoms with Crippen molar-refractivity contribution >= 4 is 23.4 Å². The Morgan fingerprint density at radius 2 is 2.00 bits per heavy atom. The summed E-state index contributed by atoms with van der Waals surface area (Å²) in [6.45, 7) is 2.15. The number of rotatable bonds is 6. The Balaban J connectivity index is 1.41. The highest BCUT2D eigenvalue weighted by atomic mass is 16.2. The van der Waals surface area contributed by atoms with Gasteiger partial charge in [-0.3, -0.25) is 9.78 Å². The third-order valence-corrected chi connectivity index (χ3v) is 4.40. The minimum atomic E-state index is -0.184. The summed E-state index contributed by atoms with van der Waals surface area (Å²) in [5, 5.41) is 8.89. The number of aromatic nitrogens is 2. The van der Waals surface area contributed by atoms with Gasteiger partial charge in [-0.1, -0.05) is 18.2 Å². The van der Waals surface area contributed by atoms with Gasteiger partial charge in [-0.25, -0.2) is 9.78 Å². The summed E-state index contributed by atoms with van der Waals surface area (Å²) in [6, 6.07) is 9.17. The molecule has 8 heteroatoms. The number of urea groups is 1. The number of amides is 3. The van der Waals surface area contributed by atoms with Crippen LogP contribution in [0.1, 0.15) is 12.8 Å². The summed E-state index contributed by atoms with van der Waals surface area (Å²) in [7, 11) is 0. The number of para-hydroxylation sites is 1. The summed E-state index contributed by atoms with van der Waals surface area (Å²) in [4.78, 5) is 34.6. The Morgan fingerprint density at radius 1 is 1.15 bits per heavy atom. The fraction of sp³-hybridized carbons (Fsp3) is 0.368. The smallest absolute Gasteiger partial charge is 0.321 e. The molecule has 0 saturated carbocycles. The van der Waals surface area contributed by atoms with Crippen LogP contribution < -0.4 is 16.0 Å². The van der Waals surface area contributed by atoms with Gasteiger partial charge < -0.3 is 20.9 Å². The molecule has 0 radical (unpaired) electrons. The van der Waals surface area contributed by atoms with E-state index in [0.717, 1.165) is 18.5 Å². The first-order valence-electron chi connectivity index (χ1n) is 9.11. The standard InChI is InChI=1S/C19H24N6O2/c26-18(23-11-10-22-17-13-20-8-9-21-17)15-5-4-12-25(14-15)19(27)24-16-6-2-1-3-7-16/h1-3,6-9,13,15H,4-5,10-12,14H2,(H,21,22)(H,23,26)(H,24,27)/t15-/m1/s1. The number of carbonyl (C=O) groups is 2. The third-order valence-electron chi connectivity index (χ3n) is 4.40. The van der Waals surface area contributed by atoms with Crippen molar-refractivity contribution < 1.29 is 9.59 Å². The molecule has 1 aromatic carbocycles. The van der Waals surface area contributed by atoms with Crippen molar-refractivity contribution in [2.24, 2.45) is 5.92 Å². The molecule has 1 saturated heterocycles. The van der Waals surface area contributed by atoms with E-state index in [1.165, 1.54) is 0 Å². The van der Waals surface area contributed by atoms with Crippen molar-refractivity contribution in [1.82, 2.24) is 20.2 Å². The SMILES string of the molecule is O=C(NCCNc1cnccn1)[C@@H]1CCCN(C(=O)Nc2ccccc2)C1. The normalized spacial score (nSPS) is 16.4. The summed E-state index contributed by atoms with van der Waals surface area (Å²) < 4.78 is 0. The molecule has 3 N–H and O–H groups in total. The van der Waals surface area contributed by atoms with Crippen LogP contribution in [0.5, 0.6) is 0 Å². The number of piperidine rings is 1. The lowest BCUT2D eigenvalue weighted by molar-refractivity contribution is -0.126. The van der Waals surface area contributed by atoms with Crippen LogP contribution in [0, 0.1) is 5.92 Å². The number of hydrogen-bond acceptors (Lipinski definition) is 5. The number of benzene rings is 1. The van der Waals surface area contributed by atoms with Crippen LogP contribution in [-0.4, -0.2) is 53.0 Å². The lowest BCUT2D eigenvalue weighted by atomic mass is 9.97. The molecular weight excluding hydrogens is 344 g/mol. The molecule has 1 aliphatic heterocycles. The second-order valence-electron chi connectivity index (χ2n) is 6.39. The molecule has 0 spiro atoms. The maximum absolute atomic E-state index is 12.4. The number of nitrogens with zero attached hydrogens (tertiary/aromatic N) is 3. The van der Waals surface area contributed by atoms with Crippen molar-refractivity contribution in [3.63, 3.8) is 0 Å². The molecule has 3 amide bonds. The number of likely N-dealkylation sites (tertiary alicyclic amines) is 1. The van der Waals surface area contributed by atoms with Gasteiger partial charge in [0.25, 0.3) is 0 Å². The molecule has 8 nitrogen and oxygen atoms in total. The molecule has 1 fully saturated rings. The highest BCUT2D eigenvalue weighted by Crippen LogP contribution is 2.18. The molecule has 1 aliphatic rings. The molecule has 142 valence electrons. The number of anilines is 2. The van der Waals surface area contributed by atoms with E-state index in [1.54, 1.807) is 23.5 Å². The lowest BCUT2D eigenvalue weighted by Crippen LogP contribution is -2.47. The average molecular weight is 368 g/mol. The van der Waals surface area contributed by atoms with Gasteiger partial charge in [-0.2, -0.15) is 0 Å². The van der Waals surface area contributed by atoms with E-state index in [1.807, 2.05) is 30.3 Å². The fourth-order valence-electron chi connectivity index (χ4n) is 3.01. The first-order valence-corrected chi connectivity index (χ1v) is 9.11. The second-order valence-corrected chi connectivity index (χ2v) is 6.39. The molecule has 1 atom stereocenters. The van der Waals surface area contributed by atoms with Gasteiger partial charge in [0.05, 0.1) is 12.1 Å². The van der Waals surface area contributed by atoms with Crippen molar-refractivity contribution in [3.05, 3.63) is 48.9 Å². The van der Waals surface area contributed by atoms with Crippen molar-refractivity contribution in [2.45, 2.75) is 12.8 Å². The zero-order chi connectivity index (χ0) is 18.9. The predicted molar refractivity (Wildman–Crippen MR) is 103 cm³/mol. The zero-order valence-corrected chi connectivity index (χ0v) is 15.1. The number of carbonyl (C=O) groups excluding carboxylic acids is 2. The van der Waals surface area contributed by atoms with E-state index < -0.39 is 0 Å². The van der Waals surface area contributed by atoms with E-state index in [0.29, 0.717) is 32.0 Å². The Morgan fingerprint density at radius 3 is 2.78 bits per heavy atom. The first-order chi connectivity index (χ1) is 13.2. The maximum Gasteiger partial charge on any atom is 0.321 e. The van der Waals surface area contributed by atoms with Gasteiger partial charge in [-0.05, 0) is 25.0 Å². The fourth-order valence-corrected chi connectivity index (χ4v) is 3.01. The third kappa shape index (κ3) is 5.67. The predicted octanol–water partition coefficient (Wildman–Crippen LogP) is 1.95. The zero-order valence-electron chi connectivity index (χ0n) is 15.1. The van der Waals surface area contributed by atoms with Crippen LogP contribution in [0.4, 0.5) is 16.3 Å². The second kappa shape index (κ2) is 9.51. The minimum Gasteiger partial charge on any atom is -0.367 e. The molecule has 0 unspecified atom stereocenters. The molecule has 0 aliphatic carbocycles. The number of nitrogens with one attached hydrogen (secondary N) is 3. The van der Waals surface area contributed by atoms with Crippen molar-refractivity contribution in [1.29, 1.82) is 0 Å². The van der Waals surface area contributed by atoms with Gasteiger partial charge in [0.1, 0.15) is 5.82 Å². The highest BCUT2D eigenvalue weighted by molar-refractivity contribution is 5.90. The molecule has 0 bridgehead atoms. The topological polar surface area (TPSA) is 99.2 Å². The highest BCUT2D eigenvalue weighted by Gasteiger charge is 2.28. The van der Waals surface area contributed by atoms with E-state index in [4.69, 9.17) is 0 Å². The number of hydrogen-bond donors (Lipinski definition) is 3. The molecule has 2 heterocycles. The molecular formula is C19H24N6O2. The van der Waals surface area contributed by atoms with E-state index in [9.17, 15) is 9.59 Å². The van der Waals surface area contributed by atoms with Gasteiger partial charge in [0.2, 0.25) is 5.91 Å². The summed E-state index contributed by atoms with van der Waals surface area (Å²) in [5.41, 5.74) is 0.754. The summed E-state index contributed by atoms with van der Waals surface area (Å²) in [5.74, 6) is 0.470. The first kappa shape index (κ1) is 18.6. The average Bonchev–Trinajstić information content (AvgIpc) is 2.72. The van der Waals surface area contributed by atoms with Crippen LogP contribution in [0.3, 0.4) is 0 Å².